The smallest absolute Gasteiger partial charge is 0.339 e. The van der Waals surface area contributed by atoms with E-state index in [4.69, 9.17) is 9.47 Å². The van der Waals surface area contributed by atoms with Gasteiger partial charge in [0.05, 0.1) is 5.56 Å². The molecule has 5 nitrogen and oxygen atoms in total. The molecule has 0 N–H and O–H groups in total. The summed E-state index contributed by atoms with van der Waals surface area (Å²) in [5, 5.41) is 0. The van der Waals surface area contributed by atoms with Crippen molar-refractivity contribution in [3.63, 3.8) is 0 Å². The van der Waals surface area contributed by atoms with Gasteiger partial charge < -0.3 is 19.3 Å². The van der Waals surface area contributed by atoms with E-state index in [1.807, 2.05) is 86.9 Å². The SMILES string of the molecule is CN(c1ccccc1)c1ccc2c(c1)Oc1cc(N(C)c3ccccc3)ccc1C1(C2)OC(=O)c2ccccc21. The van der Waals surface area contributed by atoms with Gasteiger partial charge in [0.1, 0.15) is 11.5 Å². The summed E-state index contributed by atoms with van der Waals surface area (Å²) in [7, 11) is 4.08. The largest absolute Gasteiger partial charge is 0.456 e. The molecule has 2 aliphatic rings. The average molecular weight is 525 g/mol. The first-order chi connectivity index (χ1) is 19.5. The van der Waals surface area contributed by atoms with E-state index in [0.29, 0.717) is 17.7 Å². The van der Waals surface area contributed by atoms with Crippen LogP contribution < -0.4 is 14.5 Å². The minimum Gasteiger partial charge on any atom is -0.456 e. The van der Waals surface area contributed by atoms with Crippen molar-refractivity contribution in [2.45, 2.75) is 12.0 Å². The maximum absolute atomic E-state index is 13.2. The molecule has 5 aromatic carbocycles. The Bertz CT molecular complexity index is 1740. The second-order valence-electron chi connectivity index (χ2n) is 10.3. The van der Waals surface area contributed by atoms with Crippen molar-refractivity contribution in [3.8, 4) is 11.5 Å². The summed E-state index contributed by atoms with van der Waals surface area (Å²) in [6.07, 6.45) is 0.474. The van der Waals surface area contributed by atoms with Gasteiger partial charge in [0, 0.05) is 66.5 Å². The molecule has 7 rings (SSSR count). The Morgan fingerprint density at radius 3 is 1.85 bits per heavy atom. The lowest BCUT2D eigenvalue weighted by molar-refractivity contribution is 0.0110. The van der Waals surface area contributed by atoms with Gasteiger partial charge >= 0.3 is 5.97 Å². The van der Waals surface area contributed by atoms with Crippen molar-refractivity contribution < 1.29 is 14.3 Å². The molecule has 0 radical (unpaired) electrons. The van der Waals surface area contributed by atoms with Gasteiger partial charge in [-0.15, -0.1) is 0 Å². The first kappa shape index (κ1) is 24.0. The summed E-state index contributed by atoms with van der Waals surface area (Å²) in [4.78, 5) is 17.4. The number of hydrogen-bond donors (Lipinski definition) is 0. The van der Waals surface area contributed by atoms with E-state index < -0.39 is 5.60 Å². The van der Waals surface area contributed by atoms with E-state index in [2.05, 4.69) is 58.3 Å². The normalized spacial score (nSPS) is 16.7. The summed E-state index contributed by atoms with van der Waals surface area (Å²) >= 11 is 0. The Balaban J connectivity index is 1.39. The maximum atomic E-state index is 13.2. The monoisotopic (exact) mass is 524 g/mol. The molecule has 5 aromatic rings. The van der Waals surface area contributed by atoms with Crippen molar-refractivity contribution >= 4 is 28.7 Å². The summed E-state index contributed by atoms with van der Waals surface area (Å²) in [6.45, 7) is 0. The molecule has 5 heteroatoms. The van der Waals surface area contributed by atoms with E-state index in [1.165, 1.54) is 0 Å². The van der Waals surface area contributed by atoms with Gasteiger partial charge in [0.25, 0.3) is 0 Å². The standard InChI is InChI=1S/C35H28N2O3/c1-36(25-11-5-3-6-12-25)27-18-17-24-23-35(30-16-10-9-15-29(30)34(38)40-35)31-20-19-28(22-33(31)39-32(24)21-27)37(2)26-13-7-4-8-14-26/h3-22H,23H2,1-2H3. The zero-order chi connectivity index (χ0) is 27.3. The number of anilines is 4. The van der Waals surface area contributed by atoms with E-state index in [-0.39, 0.29) is 5.97 Å². The maximum Gasteiger partial charge on any atom is 0.339 e. The molecule has 0 amide bonds. The molecule has 0 aliphatic carbocycles. The molecule has 1 atom stereocenters. The highest BCUT2D eigenvalue weighted by Crippen LogP contribution is 2.52. The van der Waals surface area contributed by atoms with Crippen LogP contribution in [0, 0.1) is 0 Å². The molecular weight excluding hydrogens is 496 g/mol. The van der Waals surface area contributed by atoms with Crippen LogP contribution in [0.1, 0.15) is 27.0 Å². The van der Waals surface area contributed by atoms with Gasteiger partial charge in [0.2, 0.25) is 0 Å². The number of benzene rings is 5. The number of nitrogens with zero attached hydrogens (tertiary/aromatic N) is 2. The molecule has 0 fully saturated rings. The van der Waals surface area contributed by atoms with Crippen LogP contribution in [-0.4, -0.2) is 20.1 Å². The fourth-order valence-corrected chi connectivity index (χ4v) is 5.83. The highest BCUT2D eigenvalue weighted by atomic mass is 16.6. The minimum absolute atomic E-state index is 0.309. The van der Waals surface area contributed by atoms with Gasteiger partial charge in [-0.2, -0.15) is 0 Å². The predicted octanol–water partition coefficient (Wildman–Crippen LogP) is 7.98. The Morgan fingerprint density at radius 2 is 1.18 bits per heavy atom. The molecule has 0 saturated heterocycles. The van der Waals surface area contributed by atoms with Crippen LogP contribution in [0.25, 0.3) is 0 Å². The van der Waals surface area contributed by atoms with E-state index >= 15 is 0 Å². The van der Waals surface area contributed by atoms with Crippen LogP contribution in [0.15, 0.2) is 121 Å². The third-order valence-corrected chi connectivity index (χ3v) is 8.02. The van der Waals surface area contributed by atoms with Crippen LogP contribution in [0.5, 0.6) is 11.5 Å². The third kappa shape index (κ3) is 3.82. The van der Waals surface area contributed by atoms with Crippen LogP contribution >= 0.6 is 0 Å². The Morgan fingerprint density at radius 1 is 0.600 bits per heavy atom. The van der Waals surface area contributed by atoms with Crippen LogP contribution in [0.2, 0.25) is 0 Å². The van der Waals surface area contributed by atoms with Gasteiger partial charge in [0.15, 0.2) is 5.60 Å². The quantitative estimate of drug-likeness (QED) is 0.223. The molecule has 2 aliphatic heterocycles. The molecule has 1 unspecified atom stereocenters. The summed E-state index contributed by atoms with van der Waals surface area (Å²) in [5.41, 5.74) is 6.42. The summed E-state index contributed by atoms with van der Waals surface area (Å²) in [6, 6.07) is 40.5. The number of esters is 1. The average Bonchev–Trinajstić information content (AvgIpc) is 3.21. The fraction of sp³-hybridized carbons (Fsp3) is 0.114. The lowest BCUT2D eigenvalue weighted by atomic mass is 9.80. The van der Waals surface area contributed by atoms with Crippen molar-refractivity contribution in [1.82, 2.24) is 0 Å². The highest BCUT2D eigenvalue weighted by Gasteiger charge is 2.50. The number of ether oxygens (including phenoxy) is 2. The van der Waals surface area contributed by atoms with Gasteiger partial charge in [-0.05, 0) is 54.1 Å². The zero-order valence-corrected chi connectivity index (χ0v) is 22.4. The molecule has 2 heterocycles. The molecule has 0 aromatic heterocycles. The summed E-state index contributed by atoms with van der Waals surface area (Å²) in [5.74, 6) is 1.11. The highest BCUT2D eigenvalue weighted by molar-refractivity contribution is 5.96. The number of hydrogen-bond acceptors (Lipinski definition) is 5. The lowest BCUT2D eigenvalue weighted by Crippen LogP contribution is -2.30. The molecule has 1 spiro atoms. The Hall–Kier alpha value is -5.03. The van der Waals surface area contributed by atoms with Crippen molar-refractivity contribution in [2.75, 3.05) is 23.9 Å². The molecule has 0 bridgehead atoms. The molecule has 0 saturated carbocycles. The number of carbonyl (C=O) groups excluding carboxylic acids is 1. The van der Waals surface area contributed by atoms with Gasteiger partial charge in [-0.1, -0.05) is 60.7 Å². The fourth-order valence-electron chi connectivity index (χ4n) is 5.83. The van der Waals surface area contributed by atoms with Gasteiger partial charge in [-0.25, -0.2) is 4.79 Å². The predicted molar refractivity (Wildman–Crippen MR) is 158 cm³/mol. The first-order valence-corrected chi connectivity index (χ1v) is 13.4. The molecular formula is C35H28N2O3. The van der Waals surface area contributed by atoms with E-state index in [1.54, 1.807) is 0 Å². The number of rotatable bonds is 4. The van der Waals surface area contributed by atoms with Crippen LogP contribution in [-0.2, 0) is 16.8 Å². The zero-order valence-electron chi connectivity index (χ0n) is 22.4. The minimum atomic E-state index is -0.981. The third-order valence-electron chi connectivity index (χ3n) is 8.02. The second kappa shape index (κ2) is 9.31. The molecule has 196 valence electrons. The lowest BCUT2D eigenvalue weighted by Gasteiger charge is -2.30. The molecule has 40 heavy (non-hydrogen) atoms. The number of para-hydroxylation sites is 2. The van der Waals surface area contributed by atoms with Gasteiger partial charge in [-0.3, -0.25) is 0 Å². The first-order valence-electron chi connectivity index (χ1n) is 13.4. The van der Waals surface area contributed by atoms with Crippen molar-refractivity contribution in [1.29, 1.82) is 0 Å². The van der Waals surface area contributed by atoms with E-state index in [0.717, 1.165) is 45.2 Å². The topological polar surface area (TPSA) is 42.0 Å². The second-order valence-corrected chi connectivity index (χ2v) is 10.3. The van der Waals surface area contributed by atoms with Crippen molar-refractivity contribution in [2.24, 2.45) is 0 Å². The van der Waals surface area contributed by atoms with E-state index in [9.17, 15) is 4.79 Å². The van der Waals surface area contributed by atoms with Crippen LogP contribution in [0.3, 0.4) is 0 Å². The Labute approximate surface area is 233 Å². The van der Waals surface area contributed by atoms with Crippen molar-refractivity contribution in [3.05, 3.63) is 144 Å². The number of fused-ring (bicyclic) bond motifs is 5. The Kier molecular flexibility index (Phi) is 5.60. The van der Waals surface area contributed by atoms with Crippen LogP contribution in [0.4, 0.5) is 22.7 Å². The number of carbonyl (C=O) groups is 1. The summed E-state index contributed by atoms with van der Waals surface area (Å²) < 4.78 is 13.1.